The molecular formula is C12H14FNO4S. The van der Waals surface area contributed by atoms with Crippen LogP contribution in [0.25, 0.3) is 0 Å². The molecule has 2 atom stereocenters. The summed E-state index contributed by atoms with van der Waals surface area (Å²) in [4.78, 5) is 10.7. The maximum atomic E-state index is 13.6. The van der Waals surface area contributed by atoms with Gasteiger partial charge in [0, 0.05) is 6.54 Å². The van der Waals surface area contributed by atoms with Gasteiger partial charge in [0.1, 0.15) is 16.8 Å². The highest BCUT2D eigenvalue weighted by atomic mass is 32.2. The maximum Gasteiger partial charge on any atom is 0.322 e. The van der Waals surface area contributed by atoms with Gasteiger partial charge in [-0.2, -0.15) is 4.31 Å². The Morgan fingerprint density at radius 2 is 2.05 bits per heavy atom. The fourth-order valence-electron chi connectivity index (χ4n) is 2.33. The van der Waals surface area contributed by atoms with Gasteiger partial charge in [0.2, 0.25) is 10.0 Å². The van der Waals surface area contributed by atoms with Crippen LogP contribution in [-0.2, 0) is 14.8 Å². The molecule has 1 aromatic rings. The minimum Gasteiger partial charge on any atom is -0.480 e. The third-order valence-electron chi connectivity index (χ3n) is 3.33. The van der Waals surface area contributed by atoms with Crippen molar-refractivity contribution in [3.8, 4) is 0 Å². The van der Waals surface area contributed by atoms with E-state index >= 15 is 0 Å². The van der Waals surface area contributed by atoms with Gasteiger partial charge >= 0.3 is 5.97 Å². The second kappa shape index (κ2) is 4.90. The van der Waals surface area contributed by atoms with Crippen LogP contribution in [0.3, 0.4) is 0 Å². The summed E-state index contributed by atoms with van der Waals surface area (Å²) in [5, 5.41) is 9.13. The van der Waals surface area contributed by atoms with E-state index < -0.39 is 32.7 Å². The van der Waals surface area contributed by atoms with Gasteiger partial charge in [-0.3, -0.25) is 4.79 Å². The molecule has 19 heavy (non-hydrogen) atoms. The van der Waals surface area contributed by atoms with Crippen LogP contribution in [0.4, 0.5) is 4.39 Å². The Morgan fingerprint density at radius 1 is 1.42 bits per heavy atom. The number of nitrogens with zero attached hydrogens (tertiary/aromatic N) is 1. The Hall–Kier alpha value is -1.47. The highest BCUT2D eigenvalue weighted by molar-refractivity contribution is 7.89. The summed E-state index contributed by atoms with van der Waals surface area (Å²) in [6, 6.07) is 3.85. The molecule has 0 radical (unpaired) electrons. The first-order chi connectivity index (χ1) is 8.85. The summed E-state index contributed by atoms with van der Waals surface area (Å²) in [6.07, 6.45) is 0.449. The van der Waals surface area contributed by atoms with Crippen molar-refractivity contribution in [1.29, 1.82) is 0 Å². The molecule has 1 aromatic carbocycles. The van der Waals surface area contributed by atoms with Crippen molar-refractivity contribution in [2.75, 3.05) is 6.54 Å². The molecule has 2 rings (SSSR count). The van der Waals surface area contributed by atoms with Crippen LogP contribution in [0.1, 0.15) is 13.3 Å². The quantitative estimate of drug-likeness (QED) is 0.909. The summed E-state index contributed by atoms with van der Waals surface area (Å²) in [5.41, 5.74) is 0. The lowest BCUT2D eigenvalue weighted by Crippen LogP contribution is -2.42. The number of aliphatic carboxylic acids is 1. The molecule has 104 valence electrons. The first-order valence-corrected chi connectivity index (χ1v) is 7.29. The minimum absolute atomic E-state index is 0.0921. The van der Waals surface area contributed by atoms with Crippen molar-refractivity contribution >= 4 is 16.0 Å². The fraction of sp³-hybridized carbons (Fsp3) is 0.417. The van der Waals surface area contributed by atoms with Crippen molar-refractivity contribution in [1.82, 2.24) is 4.31 Å². The standard InChI is InChI=1S/C12H14FNO4S/c1-8-6-7-14(11(8)12(15)16)19(17,18)10-5-3-2-4-9(10)13/h2-5,8,11H,6-7H2,1H3,(H,15,16). The molecule has 5 nitrogen and oxygen atoms in total. The van der Waals surface area contributed by atoms with Crippen molar-refractivity contribution in [3.05, 3.63) is 30.1 Å². The molecule has 0 bridgehead atoms. The summed E-state index contributed by atoms with van der Waals surface area (Å²) >= 11 is 0. The summed E-state index contributed by atoms with van der Waals surface area (Å²) in [7, 11) is -4.12. The number of hydrogen-bond donors (Lipinski definition) is 1. The number of carboxylic acid groups (broad SMARTS) is 1. The van der Waals surface area contributed by atoms with E-state index in [-0.39, 0.29) is 12.5 Å². The number of rotatable bonds is 3. The summed E-state index contributed by atoms with van der Waals surface area (Å²) in [5.74, 6) is -2.37. The normalized spacial score (nSPS) is 24.5. The van der Waals surface area contributed by atoms with Crippen molar-refractivity contribution in [2.45, 2.75) is 24.3 Å². The molecule has 1 N–H and O–H groups in total. The Bertz CT molecular complexity index is 602. The molecular weight excluding hydrogens is 273 g/mol. The zero-order valence-electron chi connectivity index (χ0n) is 10.3. The predicted molar refractivity (Wildman–Crippen MR) is 65.5 cm³/mol. The number of carbonyl (C=O) groups is 1. The van der Waals surface area contributed by atoms with Crippen LogP contribution in [0.5, 0.6) is 0 Å². The molecule has 7 heteroatoms. The van der Waals surface area contributed by atoms with Crippen LogP contribution in [0.2, 0.25) is 0 Å². The lowest BCUT2D eigenvalue weighted by molar-refractivity contribution is -0.141. The van der Waals surface area contributed by atoms with Gasteiger partial charge < -0.3 is 5.11 Å². The van der Waals surface area contributed by atoms with Crippen LogP contribution in [0.15, 0.2) is 29.2 Å². The smallest absolute Gasteiger partial charge is 0.322 e. The fourth-order valence-corrected chi connectivity index (χ4v) is 4.09. The van der Waals surface area contributed by atoms with Gasteiger partial charge in [-0.25, -0.2) is 12.8 Å². The van der Waals surface area contributed by atoms with E-state index in [9.17, 15) is 17.6 Å². The second-order valence-corrected chi connectivity index (χ2v) is 6.45. The lowest BCUT2D eigenvalue weighted by Gasteiger charge is -2.22. The monoisotopic (exact) mass is 287 g/mol. The third kappa shape index (κ3) is 2.35. The van der Waals surface area contributed by atoms with E-state index in [1.165, 1.54) is 12.1 Å². The summed E-state index contributed by atoms with van der Waals surface area (Å²) in [6.45, 7) is 1.77. The molecule has 0 aromatic heterocycles. The molecule has 0 saturated carbocycles. The topological polar surface area (TPSA) is 74.7 Å². The molecule has 0 spiro atoms. The molecule has 1 heterocycles. The Labute approximate surface area is 110 Å². The van der Waals surface area contributed by atoms with E-state index in [2.05, 4.69) is 0 Å². The first kappa shape index (κ1) is 14.0. The van der Waals surface area contributed by atoms with Gasteiger partial charge in [0.15, 0.2) is 0 Å². The number of halogens is 1. The number of hydrogen-bond acceptors (Lipinski definition) is 3. The minimum atomic E-state index is -4.12. The van der Waals surface area contributed by atoms with Gasteiger partial charge in [-0.1, -0.05) is 19.1 Å². The number of benzene rings is 1. The third-order valence-corrected chi connectivity index (χ3v) is 5.24. The van der Waals surface area contributed by atoms with Crippen LogP contribution in [-0.4, -0.2) is 36.4 Å². The molecule has 1 saturated heterocycles. The van der Waals surface area contributed by atoms with Crippen LogP contribution >= 0.6 is 0 Å². The van der Waals surface area contributed by atoms with Gasteiger partial charge in [-0.05, 0) is 24.5 Å². The highest BCUT2D eigenvalue weighted by Gasteiger charge is 2.44. The van der Waals surface area contributed by atoms with Crippen molar-refractivity contribution in [2.24, 2.45) is 5.92 Å². The Kier molecular flexibility index (Phi) is 3.60. The molecule has 2 unspecified atom stereocenters. The Morgan fingerprint density at radius 3 is 2.63 bits per heavy atom. The zero-order valence-corrected chi connectivity index (χ0v) is 11.1. The lowest BCUT2D eigenvalue weighted by atomic mass is 10.0. The van der Waals surface area contributed by atoms with E-state index in [4.69, 9.17) is 5.11 Å². The van der Waals surface area contributed by atoms with Gasteiger partial charge in [0.05, 0.1) is 0 Å². The van der Waals surface area contributed by atoms with E-state index in [0.29, 0.717) is 6.42 Å². The molecule has 0 amide bonds. The van der Waals surface area contributed by atoms with Crippen molar-refractivity contribution < 1.29 is 22.7 Å². The summed E-state index contributed by atoms with van der Waals surface area (Å²) < 4.78 is 39.2. The Balaban J connectivity index is 2.46. The first-order valence-electron chi connectivity index (χ1n) is 5.85. The van der Waals surface area contributed by atoms with Crippen molar-refractivity contribution in [3.63, 3.8) is 0 Å². The highest BCUT2D eigenvalue weighted by Crippen LogP contribution is 2.31. The van der Waals surface area contributed by atoms with E-state index in [1.54, 1.807) is 6.92 Å². The second-order valence-electron chi connectivity index (χ2n) is 4.60. The SMILES string of the molecule is CC1CCN(S(=O)(=O)c2ccccc2F)C1C(=O)O. The van der Waals surface area contributed by atoms with E-state index in [1.807, 2.05) is 0 Å². The van der Waals surface area contributed by atoms with Gasteiger partial charge in [-0.15, -0.1) is 0 Å². The number of sulfonamides is 1. The number of carboxylic acids is 1. The average Bonchev–Trinajstić information content (AvgIpc) is 2.72. The molecule has 1 aliphatic heterocycles. The predicted octanol–water partition coefficient (Wildman–Crippen LogP) is 1.31. The maximum absolute atomic E-state index is 13.6. The van der Waals surface area contributed by atoms with Crippen LogP contribution < -0.4 is 0 Å². The molecule has 0 aliphatic carbocycles. The molecule has 1 aliphatic rings. The average molecular weight is 287 g/mol. The van der Waals surface area contributed by atoms with Gasteiger partial charge in [0.25, 0.3) is 0 Å². The molecule has 1 fully saturated rings. The zero-order chi connectivity index (χ0) is 14.2. The van der Waals surface area contributed by atoms with E-state index in [0.717, 1.165) is 16.4 Å². The largest absolute Gasteiger partial charge is 0.480 e. The van der Waals surface area contributed by atoms with Crippen LogP contribution in [0, 0.1) is 11.7 Å².